The maximum atomic E-state index is 13.0. The second kappa shape index (κ2) is 9.01. The third kappa shape index (κ3) is 5.65. The number of carbonyl (C=O) groups excluding carboxylic acids is 2. The summed E-state index contributed by atoms with van der Waals surface area (Å²) in [6.45, 7) is 2.73. The predicted molar refractivity (Wildman–Crippen MR) is 107 cm³/mol. The van der Waals surface area contributed by atoms with Crippen LogP contribution in [0.25, 0.3) is 0 Å². The van der Waals surface area contributed by atoms with Crippen LogP contribution >= 0.6 is 34.5 Å². The number of rotatable bonds is 6. The summed E-state index contributed by atoms with van der Waals surface area (Å²) in [6, 6.07) is 4.64. The lowest BCUT2D eigenvalue weighted by Gasteiger charge is -2.25. The number of nitrogens with one attached hydrogen (secondary N) is 1. The molecule has 0 bridgehead atoms. The van der Waals surface area contributed by atoms with Crippen LogP contribution in [0, 0.1) is 6.92 Å². The number of benzene rings is 1. The molecule has 0 radical (unpaired) electrons. The van der Waals surface area contributed by atoms with Crippen molar-refractivity contribution in [3.05, 3.63) is 44.9 Å². The van der Waals surface area contributed by atoms with Crippen LogP contribution in [0.5, 0.6) is 0 Å². The minimum atomic E-state index is -0.319. The fraction of sp³-hybridized carbons (Fsp3) is 0.389. The number of amides is 2. The van der Waals surface area contributed by atoms with Crippen molar-refractivity contribution in [3.63, 3.8) is 0 Å². The van der Waals surface area contributed by atoms with Gasteiger partial charge in [-0.05, 0) is 38.0 Å². The Morgan fingerprint density at radius 2 is 2.07 bits per heavy atom. The molecule has 2 aromatic rings. The zero-order valence-corrected chi connectivity index (χ0v) is 17.0. The third-order valence-electron chi connectivity index (χ3n) is 4.04. The fourth-order valence-electron chi connectivity index (χ4n) is 2.86. The molecule has 1 aromatic heterocycles. The topological polar surface area (TPSA) is 71.5 Å². The number of hydrogen-bond donors (Lipinski definition) is 1. The maximum absolute atomic E-state index is 13.0. The van der Waals surface area contributed by atoms with E-state index in [0.717, 1.165) is 18.5 Å². The first kappa shape index (κ1) is 20.1. The molecule has 1 aliphatic rings. The summed E-state index contributed by atoms with van der Waals surface area (Å²) in [4.78, 5) is 31.1. The quantitative estimate of drug-likeness (QED) is 0.755. The zero-order valence-electron chi connectivity index (χ0n) is 14.7. The number of anilines is 1. The van der Waals surface area contributed by atoms with Crippen LogP contribution in [0.3, 0.4) is 0 Å². The van der Waals surface area contributed by atoms with Gasteiger partial charge in [-0.2, -0.15) is 0 Å². The van der Waals surface area contributed by atoms with Crippen LogP contribution in [-0.2, 0) is 9.53 Å². The van der Waals surface area contributed by atoms with Crippen LogP contribution in [0.15, 0.2) is 23.6 Å². The first-order valence-electron chi connectivity index (χ1n) is 8.49. The van der Waals surface area contributed by atoms with Crippen molar-refractivity contribution < 1.29 is 14.3 Å². The van der Waals surface area contributed by atoms with Gasteiger partial charge in [0.05, 0.1) is 11.8 Å². The van der Waals surface area contributed by atoms with Crippen molar-refractivity contribution in [3.8, 4) is 0 Å². The van der Waals surface area contributed by atoms with Gasteiger partial charge in [0.1, 0.15) is 6.54 Å². The lowest BCUT2D eigenvalue weighted by atomic mass is 10.1. The second-order valence-electron chi connectivity index (χ2n) is 6.32. The van der Waals surface area contributed by atoms with Crippen LogP contribution in [-0.4, -0.2) is 47.5 Å². The molecule has 1 atom stereocenters. The first-order valence-corrected chi connectivity index (χ1v) is 10.1. The lowest BCUT2D eigenvalue weighted by molar-refractivity contribution is -0.117. The molecule has 27 heavy (non-hydrogen) atoms. The normalized spacial score (nSPS) is 16.3. The highest BCUT2D eigenvalue weighted by molar-refractivity contribution is 7.13. The first-order chi connectivity index (χ1) is 12.9. The molecule has 144 valence electrons. The summed E-state index contributed by atoms with van der Waals surface area (Å²) >= 11 is 13.4. The van der Waals surface area contributed by atoms with Crippen molar-refractivity contribution in [2.75, 3.05) is 25.0 Å². The molecule has 0 spiro atoms. The summed E-state index contributed by atoms with van der Waals surface area (Å²) in [5.41, 5.74) is 1.17. The minimum Gasteiger partial charge on any atom is -0.376 e. The Morgan fingerprint density at radius 3 is 2.67 bits per heavy atom. The number of thiazole rings is 1. The molecule has 3 rings (SSSR count). The van der Waals surface area contributed by atoms with E-state index >= 15 is 0 Å². The van der Waals surface area contributed by atoms with Gasteiger partial charge in [-0.1, -0.05) is 23.2 Å². The lowest BCUT2D eigenvalue weighted by Crippen LogP contribution is -2.42. The highest BCUT2D eigenvalue weighted by Gasteiger charge is 2.26. The Labute approximate surface area is 171 Å². The molecule has 1 aromatic carbocycles. The Hall–Kier alpha value is -1.67. The average molecular weight is 428 g/mol. The largest absolute Gasteiger partial charge is 0.376 e. The zero-order chi connectivity index (χ0) is 19.4. The molecule has 2 amide bonds. The van der Waals surface area contributed by atoms with Crippen LogP contribution < -0.4 is 5.32 Å². The molecule has 1 saturated heterocycles. The van der Waals surface area contributed by atoms with Gasteiger partial charge < -0.3 is 15.0 Å². The van der Waals surface area contributed by atoms with E-state index in [2.05, 4.69) is 10.3 Å². The van der Waals surface area contributed by atoms with Crippen molar-refractivity contribution in [2.24, 2.45) is 0 Å². The number of aromatic nitrogens is 1. The molecule has 1 N–H and O–H groups in total. The molecule has 9 heteroatoms. The summed E-state index contributed by atoms with van der Waals surface area (Å²) in [6.07, 6.45) is 1.71. The smallest absolute Gasteiger partial charge is 0.254 e. The van der Waals surface area contributed by atoms with Crippen molar-refractivity contribution in [1.29, 1.82) is 0 Å². The van der Waals surface area contributed by atoms with Gasteiger partial charge in [0.25, 0.3) is 5.91 Å². The number of aryl methyl sites for hydroxylation is 1. The number of ether oxygens (including phenoxy) is 1. The molecular weight excluding hydrogens is 409 g/mol. The van der Waals surface area contributed by atoms with E-state index in [9.17, 15) is 9.59 Å². The predicted octanol–water partition coefficient (Wildman–Crippen LogP) is 4.02. The summed E-state index contributed by atoms with van der Waals surface area (Å²) in [7, 11) is 0. The third-order valence-corrected chi connectivity index (χ3v) is 5.36. The number of carbonyl (C=O) groups is 2. The number of hydrogen-bond acceptors (Lipinski definition) is 5. The molecule has 1 fully saturated rings. The van der Waals surface area contributed by atoms with Crippen molar-refractivity contribution in [1.82, 2.24) is 9.88 Å². The van der Waals surface area contributed by atoms with Crippen LogP contribution in [0.2, 0.25) is 10.0 Å². The molecule has 0 aliphatic carbocycles. The standard InChI is InChI=1S/C18H19Cl2N3O3S/c1-11-10-27-18(21-11)22-16(24)9-23(8-15-3-2-4-26-15)17(25)12-5-13(19)7-14(20)6-12/h5-7,10,15H,2-4,8-9H2,1H3,(H,21,22,24). The van der Waals surface area contributed by atoms with Gasteiger partial charge >= 0.3 is 0 Å². The van der Waals surface area contributed by atoms with E-state index in [1.54, 1.807) is 18.2 Å². The highest BCUT2D eigenvalue weighted by Crippen LogP contribution is 2.22. The minimum absolute atomic E-state index is 0.0847. The Morgan fingerprint density at radius 1 is 1.33 bits per heavy atom. The molecular formula is C18H19Cl2N3O3S. The summed E-state index contributed by atoms with van der Waals surface area (Å²) in [5.74, 6) is -0.635. The Balaban J connectivity index is 1.74. The van der Waals surface area contributed by atoms with Crippen LogP contribution in [0.1, 0.15) is 28.9 Å². The van der Waals surface area contributed by atoms with Gasteiger partial charge in [-0.3, -0.25) is 9.59 Å². The molecule has 1 aliphatic heterocycles. The van der Waals surface area contributed by atoms with E-state index < -0.39 is 0 Å². The molecule has 1 unspecified atom stereocenters. The van der Waals surface area contributed by atoms with Gasteiger partial charge in [0, 0.05) is 34.1 Å². The van der Waals surface area contributed by atoms with Crippen molar-refractivity contribution in [2.45, 2.75) is 25.9 Å². The Bertz CT molecular complexity index is 817. The van der Waals surface area contributed by atoms with E-state index in [0.29, 0.717) is 33.9 Å². The van der Waals surface area contributed by atoms with E-state index in [4.69, 9.17) is 27.9 Å². The van der Waals surface area contributed by atoms with Gasteiger partial charge in [-0.15, -0.1) is 11.3 Å². The number of nitrogens with zero attached hydrogens (tertiary/aromatic N) is 2. The Kier molecular flexibility index (Phi) is 6.70. The van der Waals surface area contributed by atoms with Gasteiger partial charge in [0.15, 0.2) is 5.13 Å². The van der Waals surface area contributed by atoms with E-state index in [1.807, 2.05) is 12.3 Å². The van der Waals surface area contributed by atoms with E-state index in [-0.39, 0.29) is 24.5 Å². The monoisotopic (exact) mass is 427 g/mol. The van der Waals surface area contributed by atoms with Crippen LogP contribution in [0.4, 0.5) is 5.13 Å². The van der Waals surface area contributed by atoms with Crippen molar-refractivity contribution >= 4 is 51.5 Å². The number of halogens is 2. The van der Waals surface area contributed by atoms with Gasteiger partial charge in [0.2, 0.25) is 5.91 Å². The second-order valence-corrected chi connectivity index (χ2v) is 8.05. The maximum Gasteiger partial charge on any atom is 0.254 e. The molecule has 0 saturated carbocycles. The van der Waals surface area contributed by atoms with Gasteiger partial charge in [-0.25, -0.2) is 4.98 Å². The average Bonchev–Trinajstić information content (AvgIpc) is 3.24. The highest BCUT2D eigenvalue weighted by atomic mass is 35.5. The SMILES string of the molecule is Cc1csc(NC(=O)CN(CC2CCCO2)C(=O)c2cc(Cl)cc(Cl)c2)n1. The van der Waals surface area contributed by atoms with E-state index in [1.165, 1.54) is 16.2 Å². The fourth-order valence-corrected chi connectivity index (χ4v) is 4.09. The summed E-state index contributed by atoms with van der Waals surface area (Å²) < 4.78 is 5.63. The molecule has 6 nitrogen and oxygen atoms in total. The summed E-state index contributed by atoms with van der Waals surface area (Å²) in [5, 5.41) is 5.81. The molecule has 2 heterocycles.